The average Bonchev–Trinajstić information content (AvgIpc) is 2.86. The third kappa shape index (κ3) is 4.77. The number of nitrogens with zero attached hydrogens (tertiary/aromatic N) is 1. The van der Waals surface area contributed by atoms with Crippen LogP contribution < -0.4 is 5.32 Å². The summed E-state index contributed by atoms with van der Waals surface area (Å²) in [5.41, 5.74) is -0.542. The van der Waals surface area contributed by atoms with E-state index in [1.807, 2.05) is 20.9 Å². The first-order valence-corrected chi connectivity index (χ1v) is 7.64. The molecule has 0 bridgehead atoms. The summed E-state index contributed by atoms with van der Waals surface area (Å²) >= 11 is 0. The molecule has 1 saturated heterocycles. The molecule has 112 valence electrons. The predicted octanol–water partition coefficient (Wildman–Crippen LogP) is 2.04. The number of likely N-dealkylation sites (tertiary alicyclic amines) is 1. The monoisotopic (exact) mass is 270 g/mol. The summed E-state index contributed by atoms with van der Waals surface area (Å²) in [4.78, 5) is 14.4. The van der Waals surface area contributed by atoms with Crippen molar-refractivity contribution in [3.63, 3.8) is 0 Å². The molecule has 0 aromatic carbocycles. The summed E-state index contributed by atoms with van der Waals surface area (Å²) in [6, 6.07) is 0. The molecule has 4 nitrogen and oxygen atoms in total. The fourth-order valence-electron chi connectivity index (χ4n) is 2.72. The number of ether oxygens (including phenoxy) is 1. The van der Waals surface area contributed by atoms with Crippen LogP contribution in [0.25, 0.3) is 0 Å². The molecule has 1 N–H and O–H groups in total. The maximum absolute atomic E-state index is 11.9. The summed E-state index contributed by atoms with van der Waals surface area (Å²) in [5, 5.41) is 3.12. The second-order valence-corrected chi connectivity index (χ2v) is 5.77. The van der Waals surface area contributed by atoms with E-state index in [-0.39, 0.29) is 5.97 Å². The van der Waals surface area contributed by atoms with Crippen LogP contribution in [0.4, 0.5) is 0 Å². The lowest BCUT2D eigenvalue weighted by atomic mass is 9.96. The molecule has 4 heteroatoms. The maximum Gasteiger partial charge on any atom is 0.326 e. The van der Waals surface area contributed by atoms with E-state index in [4.69, 9.17) is 4.74 Å². The van der Waals surface area contributed by atoms with Crippen molar-refractivity contribution in [1.29, 1.82) is 0 Å². The third-order valence-corrected chi connectivity index (χ3v) is 4.38. The van der Waals surface area contributed by atoms with E-state index in [2.05, 4.69) is 17.1 Å². The highest BCUT2D eigenvalue weighted by atomic mass is 16.5. The van der Waals surface area contributed by atoms with Gasteiger partial charge in [0.25, 0.3) is 0 Å². The Kier molecular flexibility index (Phi) is 6.80. The van der Waals surface area contributed by atoms with E-state index < -0.39 is 5.54 Å². The van der Waals surface area contributed by atoms with Gasteiger partial charge in [0, 0.05) is 6.54 Å². The van der Waals surface area contributed by atoms with Gasteiger partial charge in [0.05, 0.1) is 6.61 Å². The van der Waals surface area contributed by atoms with E-state index in [1.54, 1.807) is 0 Å². The predicted molar refractivity (Wildman–Crippen MR) is 78.2 cm³/mol. The minimum absolute atomic E-state index is 0.134. The number of rotatable bonds is 8. The molecule has 1 rings (SSSR count). The molecule has 2 atom stereocenters. The molecule has 1 aliphatic rings. The number of hydrogen-bond acceptors (Lipinski definition) is 4. The zero-order valence-electron chi connectivity index (χ0n) is 13.0. The minimum atomic E-state index is -0.542. The first kappa shape index (κ1) is 16.4. The number of likely N-dealkylation sites (N-methyl/N-ethyl adjacent to an activating group) is 1. The molecule has 0 aromatic heterocycles. The van der Waals surface area contributed by atoms with Crippen molar-refractivity contribution in [2.45, 2.75) is 52.0 Å². The molecule has 19 heavy (non-hydrogen) atoms. The van der Waals surface area contributed by atoms with Crippen LogP contribution in [0.3, 0.4) is 0 Å². The van der Waals surface area contributed by atoms with E-state index in [0.717, 1.165) is 25.3 Å². The van der Waals surface area contributed by atoms with Crippen LogP contribution in [0.2, 0.25) is 0 Å². The fourth-order valence-corrected chi connectivity index (χ4v) is 2.72. The van der Waals surface area contributed by atoms with E-state index in [0.29, 0.717) is 6.61 Å². The standard InChI is InChI=1S/C15H30N2O2/c1-5-13-8-11-17(12-13)10-7-9-15(3,16-4)14(18)19-6-2/h13,16H,5-12H2,1-4H3. The largest absolute Gasteiger partial charge is 0.465 e. The van der Waals surface area contributed by atoms with Crippen LogP contribution in [0.1, 0.15) is 46.5 Å². The van der Waals surface area contributed by atoms with Gasteiger partial charge in [0.2, 0.25) is 0 Å². The van der Waals surface area contributed by atoms with Gasteiger partial charge in [-0.3, -0.25) is 4.79 Å². The molecule has 0 spiro atoms. The normalized spacial score (nSPS) is 23.3. The van der Waals surface area contributed by atoms with Gasteiger partial charge in [-0.2, -0.15) is 0 Å². The topological polar surface area (TPSA) is 41.6 Å². The molecular formula is C15H30N2O2. The van der Waals surface area contributed by atoms with Crippen molar-refractivity contribution in [3.05, 3.63) is 0 Å². The first-order valence-electron chi connectivity index (χ1n) is 7.64. The van der Waals surface area contributed by atoms with Crippen molar-refractivity contribution < 1.29 is 9.53 Å². The van der Waals surface area contributed by atoms with E-state index in [1.165, 1.54) is 25.9 Å². The highest BCUT2D eigenvalue weighted by molar-refractivity contribution is 5.80. The van der Waals surface area contributed by atoms with Crippen LogP contribution in [-0.2, 0) is 9.53 Å². The Morgan fingerprint density at radius 2 is 2.21 bits per heavy atom. The third-order valence-electron chi connectivity index (χ3n) is 4.38. The number of hydrogen-bond donors (Lipinski definition) is 1. The van der Waals surface area contributed by atoms with Gasteiger partial charge in [-0.1, -0.05) is 13.3 Å². The maximum atomic E-state index is 11.9. The highest BCUT2D eigenvalue weighted by Gasteiger charge is 2.32. The molecule has 0 aliphatic carbocycles. The van der Waals surface area contributed by atoms with Crippen molar-refractivity contribution in [1.82, 2.24) is 10.2 Å². The van der Waals surface area contributed by atoms with E-state index >= 15 is 0 Å². The molecule has 0 aromatic rings. The Balaban J connectivity index is 2.31. The molecular weight excluding hydrogens is 240 g/mol. The lowest BCUT2D eigenvalue weighted by Crippen LogP contribution is -2.49. The molecule has 1 heterocycles. The lowest BCUT2D eigenvalue weighted by molar-refractivity contribution is -0.150. The molecule has 1 aliphatic heterocycles. The second kappa shape index (κ2) is 7.85. The number of carbonyl (C=O) groups is 1. The summed E-state index contributed by atoms with van der Waals surface area (Å²) in [5.74, 6) is 0.742. The average molecular weight is 270 g/mol. The van der Waals surface area contributed by atoms with Crippen LogP contribution in [0.15, 0.2) is 0 Å². The summed E-state index contributed by atoms with van der Waals surface area (Å²) in [6.45, 7) is 10.0. The zero-order valence-corrected chi connectivity index (χ0v) is 13.0. The number of esters is 1. The Morgan fingerprint density at radius 1 is 1.47 bits per heavy atom. The quantitative estimate of drug-likeness (QED) is 0.685. The Hall–Kier alpha value is -0.610. The van der Waals surface area contributed by atoms with E-state index in [9.17, 15) is 4.79 Å². The van der Waals surface area contributed by atoms with Gasteiger partial charge in [-0.25, -0.2) is 0 Å². The van der Waals surface area contributed by atoms with Crippen LogP contribution in [-0.4, -0.2) is 49.7 Å². The molecule has 2 unspecified atom stereocenters. The van der Waals surface area contributed by atoms with Crippen molar-refractivity contribution >= 4 is 5.97 Å². The Bertz CT molecular complexity index is 283. The van der Waals surface area contributed by atoms with Gasteiger partial charge in [0.1, 0.15) is 5.54 Å². The summed E-state index contributed by atoms with van der Waals surface area (Å²) in [7, 11) is 1.83. The Labute approximate surface area is 117 Å². The van der Waals surface area contributed by atoms with Crippen molar-refractivity contribution in [2.75, 3.05) is 33.3 Å². The molecule has 0 amide bonds. The van der Waals surface area contributed by atoms with Crippen molar-refractivity contribution in [3.8, 4) is 0 Å². The van der Waals surface area contributed by atoms with Gasteiger partial charge >= 0.3 is 5.97 Å². The highest BCUT2D eigenvalue weighted by Crippen LogP contribution is 2.21. The van der Waals surface area contributed by atoms with Crippen LogP contribution in [0.5, 0.6) is 0 Å². The zero-order chi connectivity index (χ0) is 14.3. The molecule has 0 saturated carbocycles. The van der Waals surface area contributed by atoms with Crippen LogP contribution >= 0.6 is 0 Å². The Morgan fingerprint density at radius 3 is 2.74 bits per heavy atom. The number of nitrogens with one attached hydrogen (secondary N) is 1. The number of carbonyl (C=O) groups excluding carboxylic acids is 1. The SMILES string of the molecule is CCOC(=O)C(C)(CCCN1CCC(CC)C1)NC. The van der Waals surface area contributed by atoms with Gasteiger partial charge in [-0.05, 0) is 59.2 Å². The molecule has 0 radical (unpaired) electrons. The second-order valence-electron chi connectivity index (χ2n) is 5.77. The summed E-state index contributed by atoms with van der Waals surface area (Å²) < 4.78 is 5.14. The smallest absolute Gasteiger partial charge is 0.326 e. The van der Waals surface area contributed by atoms with Crippen LogP contribution in [0, 0.1) is 5.92 Å². The van der Waals surface area contributed by atoms with Gasteiger partial charge in [-0.15, -0.1) is 0 Å². The lowest BCUT2D eigenvalue weighted by Gasteiger charge is -2.27. The van der Waals surface area contributed by atoms with Gasteiger partial charge in [0.15, 0.2) is 0 Å². The van der Waals surface area contributed by atoms with Gasteiger partial charge < -0.3 is 15.0 Å². The first-order chi connectivity index (χ1) is 9.05. The van der Waals surface area contributed by atoms with Crippen molar-refractivity contribution in [2.24, 2.45) is 5.92 Å². The minimum Gasteiger partial charge on any atom is -0.465 e. The summed E-state index contributed by atoms with van der Waals surface area (Å²) in [6.07, 6.45) is 4.48. The molecule has 1 fully saturated rings. The fraction of sp³-hybridized carbons (Fsp3) is 0.933.